The summed E-state index contributed by atoms with van der Waals surface area (Å²) in [4.78, 5) is 11.4. The van der Waals surface area contributed by atoms with Gasteiger partial charge in [-0.1, -0.05) is 20.8 Å². The molecule has 1 rings (SSSR count). The molecule has 16 heavy (non-hydrogen) atoms. The Labute approximate surface area is 99.6 Å². The zero-order valence-corrected chi connectivity index (χ0v) is 12.3. The summed E-state index contributed by atoms with van der Waals surface area (Å²) in [6.45, 7) is 13.3. The summed E-state index contributed by atoms with van der Waals surface area (Å²) >= 11 is 0. The van der Waals surface area contributed by atoms with E-state index in [2.05, 4.69) is 33.9 Å². The van der Waals surface area contributed by atoms with Crippen molar-refractivity contribution in [2.24, 2.45) is 0 Å². The normalized spacial score (nSPS) is 27.1. The molecule has 1 saturated heterocycles. The summed E-state index contributed by atoms with van der Waals surface area (Å²) in [7, 11) is -1.79. The fourth-order valence-corrected chi connectivity index (χ4v) is 2.98. The molecule has 1 aliphatic heterocycles. The molecule has 0 spiro atoms. The number of rotatable bonds is 3. The van der Waals surface area contributed by atoms with Gasteiger partial charge in [-0.15, -0.1) is 0 Å². The van der Waals surface area contributed by atoms with Crippen molar-refractivity contribution in [1.29, 1.82) is 0 Å². The van der Waals surface area contributed by atoms with Gasteiger partial charge in [0.15, 0.2) is 14.1 Å². The molecule has 0 aromatic heterocycles. The first-order valence-electron chi connectivity index (χ1n) is 5.95. The van der Waals surface area contributed by atoms with Crippen LogP contribution < -0.4 is 0 Å². The van der Waals surface area contributed by atoms with Crippen LogP contribution >= 0.6 is 0 Å². The molecule has 1 aliphatic rings. The van der Waals surface area contributed by atoms with Crippen LogP contribution in [-0.2, 0) is 14.0 Å². The first-order valence-corrected chi connectivity index (χ1v) is 8.86. The van der Waals surface area contributed by atoms with Gasteiger partial charge in [-0.05, 0) is 31.5 Å². The summed E-state index contributed by atoms with van der Waals surface area (Å²) in [6.07, 6.45) is 0.476. The van der Waals surface area contributed by atoms with Crippen LogP contribution in [0.15, 0.2) is 0 Å². The molecular weight excluding hydrogens is 220 g/mol. The smallest absolute Gasteiger partial charge is 0.192 e. The average molecular weight is 244 g/mol. The van der Waals surface area contributed by atoms with Crippen LogP contribution in [-0.4, -0.2) is 32.9 Å². The van der Waals surface area contributed by atoms with Crippen molar-refractivity contribution in [2.75, 3.05) is 6.61 Å². The van der Waals surface area contributed by atoms with E-state index < -0.39 is 8.32 Å². The van der Waals surface area contributed by atoms with Gasteiger partial charge >= 0.3 is 0 Å². The maximum Gasteiger partial charge on any atom is 0.192 e. The van der Waals surface area contributed by atoms with Crippen molar-refractivity contribution in [3.05, 3.63) is 0 Å². The van der Waals surface area contributed by atoms with E-state index in [9.17, 15) is 4.79 Å². The van der Waals surface area contributed by atoms with Gasteiger partial charge in [-0.2, -0.15) is 0 Å². The summed E-state index contributed by atoms with van der Waals surface area (Å²) in [6, 6.07) is 0. The molecule has 0 radical (unpaired) electrons. The van der Waals surface area contributed by atoms with E-state index in [1.54, 1.807) is 6.92 Å². The van der Waals surface area contributed by atoms with E-state index in [4.69, 9.17) is 9.16 Å². The molecule has 0 saturated carbocycles. The SMILES string of the molecule is CC(=O)[C@H]1OCCC1O[Si](C)(C)C(C)(C)C. The molecule has 0 amide bonds. The third-order valence-electron chi connectivity index (χ3n) is 3.69. The van der Waals surface area contributed by atoms with E-state index in [0.717, 1.165) is 6.42 Å². The number of hydrogen-bond donors (Lipinski definition) is 0. The number of ether oxygens (including phenoxy) is 1. The number of carbonyl (C=O) groups is 1. The molecular formula is C12H24O3Si. The van der Waals surface area contributed by atoms with E-state index in [-0.39, 0.29) is 23.0 Å². The van der Waals surface area contributed by atoms with E-state index in [0.29, 0.717) is 6.61 Å². The van der Waals surface area contributed by atoms with Gasteiger partial charge in [-0.25, -0.2) is 0 Å². The Morgan fingerprint density at radius 3 is 2.38 bits per heavy atom. The lowest BCUT2D eigenvalue weighted by molar-refractivity contribution is -0.128. The molecule has 4 heteroatoms. The van der Waals surface area contributed by atoms with Gasteiger partial charge in [0.2, 0.25) is 0 Å². The van der Waals surface area contributed by atoms with E-state index >= 15 is 0 Å². The highest BCUT2D eigenvalue weighted by molar-refractivity contribution is 6.74. The van der Waals surface area contributed by atoms with Gasteiger partial charge in [0.25, 0.3) is 0 Å². The van der Waals surface area contributed by atoms with Gasteiger partial charge in [0.1, 0.15) is 6.10 Å². The minimum Gasteiger partial charge on any atom is -0.411 e. The number of ketones is 1. The zero-order chi connectivity index (χ0) is 12.6. The quantitative estimate of drug-likeness (QED) is 0.716. The van der Waals surface area contributed by atoms with Crippen LogP contribution in [0, 0.1) is 0 Å². The van der Waals surface area contributed by atoms with Crippen molar-refractivity contribution < 1.29 is 14.0 Å². The van der Waals surface area contributed by atoms with E-state index in [1.165, 1.54) is 0 Å². The predicted octanol–water partition coefficient (Wildman–Crippen LogP) is 2.75. The van der Waals surface area contributed by atoms with Gasteiger partial charge in [0, 0.05) is 0 Å². The third-order valence-corrected chi connectivity index (χ3v) is 8.19. The lowest BCUT2D eigenvalue weighted by Crippen LogP contribution is -2.47. The highest BCUT2D eigenvalue weighted by atomic mass is 28.4. The minimum absolute atomic E-state index is 0.0293. The average Bonchev–Trinajstić information content (AvgIpc) is 2.49. The molecule has 94 valence electrons. The molecule has 1 fully saturated rings. The van der Waals surface area contributed by atoms with Crippen LogP contribution in [0.3, 0.4) is 0 Å². The molecule has 1 unspecified atom stereocenters. The molecule has 1 heterocycles. The van der Waals surface area contributed by atoms with Crippen LogP contribution in [0.25, 0.3) is 0 Å². The molecule has 0 N–H and O–H groups in total. The first-order chi connectivity index (χ1) is 7.15. The minimum atomic E-state index is -1.79. The van der Waals surface area contributed by atoms with E-state index in [1.807, 2.05) is 0 Å². The van der Waals surface area contributed by atoms with Crippen molar-refractivity contribution >= 4 is 14.1 Å². The summed E-state index contributed by atoms with van der Waals surface area (Å²) < 4.78 is 11.7. The van der Waals surface area contributed by atoms with Crippen molar-refractivity contribution in [3.8, 4) is 0 Å². The van der Waals surface area contributed by atoms with Crippen LogP contribution in [0.1, 0.15) is 34.1 Å². The molecule has 0 aromatic rings. The van der Waals surface area contributed by atoms with Gasteiger partial charge in [0.05, 0.1) is 12.7 Å². The molecule has 0 aromatic carbocycles. The fraction of sp³-hybridized carbons (Fsp3) is 0.917. The molecule has 0 bridgehead atoms. The first kappa shape index (κ1) is 13.9. The van der Waals surface area contributed by atoms with Crippen molar-refractivity contribution in [3.63, 3.8) is 0 Å². The summed E-state index contributed by atoms with van der Waals surface area (Å²) in [5.74, 6) is 0.0845. The maximum atomic E-state index is 11.4. The second-order valence-corrected chi connectivity index (χ2v) is 10.9. The Hall–Kier alpha value is -0.193. The highest BCUT2D eigenvalue weighted by Gasteiger charge is 2.43. The fourth-order valence-electron chi connectivity index (χ4n) is 1.62. The molecule has 0 aliphatic carbocycles. The number of Topliss-reactive ketones (excluding diaryl/α,β-unsaturated/α-hetero) is 1. The molecule has 2 atom stereocenters. The van der Waals surface area contributed by atoms with Gasteiger partial charge in [-0.3, -0.25) is 4.79 Å². The largest absolute Gasteiger partial charge is 0.411 e. The lowest BCUT2D eigenvalue weighted by atomic mass is 10.1. The highest BCUT2D eigenvalue weighted by Crippen LogP contribution is 2.38. The number of carbonyl (C=O) groups excluding carboxylic acids is 1. The second-order valence-electron chi connectivity index (χ2n) is 6.11. The number of hydrogen-bond acceptors (Lipinski definition) is 3. The Kier molecular flexibility index (Phi) is 3.98. The summed E-state index contributed by atoms with van der Waals surface area (Å²) in [5, 5.41) is 0.178. The van der Waals surface area contributed by atoms with Crippen LogP contribution in [0.2, 0.25) is 18.1 Å². The van der Waals surface area contributed by atoms with Crippen LogP contribution in [0.5, 0.6) is 0 Å². The van der Waals surface area contributed by atoms with Crippen LogP contribution in [0.4, 0.5) is 0 Å². The summed E-state index contributed by atoms with van der Waals surface area (Å²) in [5.41, 5.74) is 0. The topological polar surface area (TPSA) is 35.5 Å². The molecule has 3 nitrogen and oxygen atoms in total. The van der Waals surface area contributed by atoms with Crippen molar-refractivity contribution in [1.82, 2.24) is 0 Å². The maximum absolute atomic E-state index is 11.4. The zero-order valence-electron chi connectivity index (χ0n) is 11.3. The predicted molar refractivity (Wildman–Crippen MR) is 67.1 cm³/mol. The van der Waals surface area contributed by atoms with Gasteiger partial charge < -0.3 is 9.16 Å². The second kappa shape index (κ2) is 4.59. The Bertz CT molecular complexity index is 268. The lowest BCUT2D eigenvalue weighted by Gasteiger charge is -2.39. The monoisotopic (exact) mass is 244 g/mol. The van der Waals surface area contributed by atoms with Crippen molar-refractivity contribution in [2.45, 2.75) is 64.5 Å². The Morgan fingerprint density at radius 1 is 1.38 bits per heavy atom. The Balaban J connectivity index is 2.70. The Morgan fingerprint density at radius 2 is 1.94 bits per heavy atom. The standard InChI is InChI=1S/C12H24O3Si/c1-9(13)11-10(7-8-14-11)15-16(5,6)12(2,3)4/h10-11H,7-8H2,1-6H3/t10?,11-/m1/s1. The third kappa shape index (κ3) is 2.93.